The Morgan fingerprint density at radius 1 is 1.25 bits per heavy atom. The summed E-state index contributed by atoms with van der Waals surface area (Å²) in [6.45, 7) is 2.82. The van der Waals surface area contributed by atoms with Gasteiger partial charge in [0.15, 0.2) is 0 Å². The number of nitro benzene ring substituents is 1. The molecule has 1 heterocycles. The number of carbonyl (C=O) groups is 1. The van der Waals surface area contributed by atoms with Crippen LogP contribution in [0.2, 0.25) is 0 Å². The number of rotatable bonds is 6. The second kappa shape index (κ2) is 7.00. The average molecular weight is 277 g/mol. The number of non-ortho nitro benzene ring substituents is 1. The number of nitro groups is 1. The Kier molecular flexibility index (Phi) is 5.06. The molecule has 1 aliphatic heterocycles. The van der Waals surface area contributed by atoms with Crippen LogP contribution in [-0.4, -0.2) is 41.9 Å². The first-order valence-corrected chi connectivity index (χ1v) is 6.88. The number of likely N-dealkylation sites (tertiary alicyclic amines) is 1. The van der Waals surface area contributed by atoms with E-state index in [4.69, 9.17) is 0 Å². The van der Waals surface area contributed by atoms with E-state index in [0.717, 1.165) is 37.9 Å². The zero-order valence-corrected chi connectivity index (χ0v) is 11.4. The van der Waals surface area contributed by atoms with Gasteiger partial charge < -0.3 is 10.2 Å². The molecular formula is C14H19N3O3. The van der Waals surface area contributed by atoms with Crippen molar-refractivity contribution in [2.45, 2.75) is 19.3 Å². The number of nitrogens with one attached hydrogen (secondary N) is 1. The van der Waals surface area contributed by atoms with Gasteiger partial charge in [0.25, 0.3) is 5.69 Å². The lowest BCUT2D eigenvalue weighted by Crippen LogP contribution is -2.36. The van der Waals surface area contributed by atoms with E-state index in [9.17, 15) is 14.9 Å². The van der Waals surface area contributed by atoms with Crippen molar-refractivity contribution < 1.29 is 9.72 Å². The van der Waals surface area contributed by atoms with E-state index >= 15 is 0 Å². The molecule has 20 heavy (non-hydrogen) atoms. The van der Waals surface area contributed by atoms with Gasteiger partial charge >= 0.3 is 0 Å². The fourth-order valence-corrected chi connectivity index (χ4v) is 2.29. The molecule has 1 saturated heterocycles. The van der Waals surface area contributed by atoms with Crippen LogP contribution in [0.1, 0.15) is 18.4 Å². The summed E-state index contributed by atoms with van der Waals surface area (Å²) in [5.41, 5.74) is 1.13. The minimum atomic E-state index is -0.406. The summed E-state index contributed by atoms with van der Waals surface area (Å²) in [7, 11) is 0. The van der Waals surface area contributed by atoms with E-state index in [-0.39, 0.29) is 11.6 Å². The van der Waals surface area contributed by atoms with Crippen molar-refractivity contribution in [3.8, 4) is 0 Å². The fourth-order valence-electron chi connectivity index (χ4n) is 2.29. The van der Waals surface area contributed by atoms with Crippen molar-refractivity contribution in [2.75, 3.05) is 26.2 Å². The van der Waals surface area contributed by atoms with Crippen molar-refractivity contribution in [1.82, 2.24) is 10.2 Å². The lowest BCUT2D eigenvalue weighted by Gasteiger charge is -2.15. The van der Waals surface area contributed by atoms with E-state index in [0.29, 0.717) is 13.1 Å². The molecule has 0 bridgehead atoms. The van der Waals surface area contributed by atoms with E-state index in [1.165, 1.54) is 12.1 Å². The Labute approximate surface area is 117 Å². The van der Waals surface area contributed by atoms with Crippen molar-refractivity contribution in [3.05, 3.63) is 39.9 Å². The molecule has 0 atom stereocenters. The molecule has 2 rings (SSSR count). The number of hydrogen-bond acceptors (Lipinski definition) is 4. The largest absolute Gasteiger partial charge is 0.342 e. The molecule has 1 aliphatic rings. The summed E-state index contributed by atoms with van der Waals surface area (Å²) >= 11 is 0. The van der Waals surface area contributed by atoms with Crippen LogP contribution in [0, 0.1) is 10.1 Å². The van der Waals surface area contributed by atoms with E-state index < -0.39 is 4.92 Å². The molecule has 0 aromatic heterocycles. The second-order valence-corrected chi connectivity index (χ2v) is 4.94. The maximum Gasteiger partial charge on any atom is 0.269 e. The van der Waals surface area contributed by atoms with Gasteiger partial charge in [-0.1, -0.05) is 12.1 Å². The van der Waals surface area contributed by atoms with Crippen molar-refractivity contribution in [1.29, 1.82) is 0 Å². The first kappa shape index (κ1) is 14.5. The summed E-state index contributed by atoms with van der Waals surface area (Å²) in [4.78, 5) is 23.8. The van der Waals surface area contributed by atoms with Gasteiger partial charge in [0.05, 0.1) is 11.5 Å². The lowest BCUT2D eigenvalue weighted by molar-refractivity contribution is -0.384. The van der Waals surface area contributed by atoms with Crippen molar-refractivity contribution in [2.24, 2.45) is 0 Å². The van der Waals surface area contributed by atoms with Gasteiger partial charge in [-0.3, -0.25) is 14.9 Å². The molecular weight excluding hydrogens is 258 g/mol. The fraction of sp³-hybridized carbons (Fsp3) is 0.500. The molecule has 1 aromatic carbocycles. The number of hydrogen-bond donors (Lipinski definition) is 1. The van der Waals surface area contributed by atoms with E-state index in [1.807, 2.05) is 4.90 Å². The predicted octanol–water partition coefficient (Wildman–Crippen LogP) is 1.35. The summed E-state index contributed by atoms with van der Waals surface area (Å²) in [5.74, 6) is 0.159. The molecule has 1 amide bonds. The van der Waals surface area contributed by atoms with E-state index in [2.05, 4.69) is 5.32 Å². The van der Waals surface area contributed by atoms with Gasteiger partial charge in [-0.2, -0.15) is 0 Å². The monoisotopic (exact) mass is 277 g/mol. The number of nitrogens with zero attached hydrogens (tertiary/aromatic N) is 2. The second-order valence-electron chi connectivity index (χ2n) is 4.94. The Hall–Kier alpha value is -1.95. The Morgan fingerprint density at radius 2 is 1.90 bits per heavy atom. The van der Waals surface area contributed by atoms with Crippen LogP contribution in [0.3, 0.4) is 0 Å². The summed E-state index contributed by atoms with van der Waals surface area (Å²) in [6, 6.07) is 6.51. The summed E-state index contributed by atoms with van der Waals surface area (Å²) in [5, 5.41) is 13.6. The third-order valence-corrected chi connectivity index (χ3v) is 3.47. The Balaban J connectivity index is 1.67. The highest BCUT2D eigenvalue weighted by Crippen LogP contribution is 2.12. The van der Waals surface area contributed by atoms with Crippen LogP contribution in [0.5, 0.6) is 0 Å². The number of amides is 1. The predicted molar refractivity (Wildman–Crippen MR) is 75.5 cm³/mol. The third-order valence-electron chi connectivity index (χ3n) is 3.47. The zero-order valence-electron chi connectivity index (χ0n) is 11.4. The first-order valence-electron chi connectivity index (χ1n) is 6.88. The smallest absolute Gasteiger partial charge is 0.269 e. The van der Waals surface area contributed by atoms with Crippen molar-refractivity contribution in [3.63, 3.8) is 0 Å². The number of carbonyl (C=O) groups excluding carboxylic acids is 1. The zero-order chi connectivity index (χ0) is 14.4. The topological polar surface area (TPSA) is 75.5 Å². The molecule has 108 valence electrons. The molecule has 0 aliphatic carbocycles. The molecule has 1 fully saturated rings. The molecule has 1 aromatic rings. The van der Waals surface area contributed by atoms with Crippen molar-refractivity contribution >= 4 is 11.6 Å². The SMILES string of the molecule is O=C(CNCCc1ccc([N+](=O)[O-])cc1)N1CCCC1. The summed E-state index contributed by atoms with van der Waals surface area (Å²) < 4.78 is 0. The first-order chi connectivity index (χ1) is 9.66. The maximum absolute atomic E-state index is 11.8. The van der Waals surface area contributed by atoms with Crippen LogP contribution in [0.25, 0.3) is 0 Å². The molecule has 6 heteroatoms. The normalized spacial score (nSPS) is 14.5. The quantitative estimate of drug-likeness (QED) is 0.484. The molecule has 0 radical (unpaired) electrons. The molecule has 0 unspecified atom stereocenters. The van der Waals surface area contributed by atoms with Gasteiger partial charge in [0.2, 0.25) is 5.91 Å². The van der Waals surface area contributed by atoms with Crippen LogP contribution in [0.4, 0.5) is 5.69 Å². The molecule has 1 N–H and O–H groups in total. The molecule has 6 nitrogen and oxygen atoms in total. The van der Waals surface area contributed by atoms with E-state index in [1.54, 1.807) is 12.1 Å². The van der Waals surface area contributed by atoms with Crippen LogP contribution in [0.15, 0.2) is 24.3 Å². The minimum Gasteiger partial charge on any atom is -0.342 e. The highest BCUT2D eigenvalue weighted by molar-refractivity contribution is 5.78. The highest BCUT2D eigenvalue weighted by atomic mass is 16.6. The third kappa shape index (κ3) is 4.03. The Morgan fingerprint density at radius 3 is 2.50 bits per heavy atom. The van der Waals surface area contributed by atoms with Gasteiger partial charge in [0, 0.05) is 25.2 Å². The van der Waals surface area contributed by atoms with Gasteiger partial charge in [-0.25, -0.2) is 0 Å². The number of benzene rings is 1. The standard InChI is InChI=1S/C14H19N3O3/c18-14(16-9-1-2-10-16)11-15-8-7-12-3-5-13(6-4-12)17(19)20/h3-6,15H,1-2,7-11H2. The maximum atomic E-state index is 11.8. The van der Waals surface area contributed by atoms with Crippen LogP contribution < -0.4 is 5.32 Å². The van der Waals surface area contributed by atoms with Crippen LogP contribution in [-0.2, 0) is 11.2 Å². The Bertz CT molecular complexity index is 467. The van der Waals surface area contributed by atoms with Gasteiger partial charge in [-0.05, 0) is 31.4 Å². The molecule has 0 spiro atoms. The lowest BCUT2D eigenvalue weighted by atomic mass is 10.1. The average Bonchev–Trinajstić information content (AvgIpc) is 2.98. The minimum absolute atomic E-state index is 0.103. The summed E-state index contributed by atoms with van der Waals surface area (Å²) in [6.07, 6.45) is 2.97. The van der Waals surface area contributed by atoms with Gasteiger partial charge in [-0.15, -0.1) is 0 Å². The van der Waals surface area contributed by atoms with Crippen LogP contribution >= 0.6 is 0 Å². The van der Waals surface area contributed by atoms with Gasteiger partial charge in [0.1, 0.15) is 0 Å². The molecule has 0 saturated carbocycles. The highest BCUT2D eigenvalue weighted by Gasteiger charge is 2.16.